The molecule has 3 N–H and O–H groups in total. The lowest BCUT2D eigenvalue weighted by atomic mass is 9.96. The van der Waals surface area contributed by atoms with E-state index in [0.717, 1.165) is 19.5 Å². The van der Waals surface area contributed by atoms with Gasteiger partial charge < -0.3 is 16.0 Å². The molecule has 122 valence electrons. The largest absolute Gasteiger partial charge is 0.355 e. The van der Waals surface area contributed by atoms with E-state index in [0.29, 0.717) is 23.6 Å². The molecule has 1 saturated heterocycles. The van der Waals surface area contributed by atoms with Gasteiger partial charge in [-0.3, -0.25) is 9.59 Å². The van der Waals surface area contributed by atoms with Crippen LogP contribution in [0, 0.1) is 5.92 Å². The maximum atomic E-state index is 12.1. The number of hydrogen-bond acceptors (Lipinski definition) is 3. The average Bonchev–Trinajstić information content (AvgIpc) is 2.55. The first-order valence-corrected chi connectivity index (χ1v) is 7.52. The average molecular weight is 326 g/mol. The number of nitrogens with one attached hydrogen (secondary N) is 3. The number of carbonyl (C=O) groups excluding carboxylic acids is 2. The Kier molecular flexibility index (Phi) is 7.91. The summed E-state index contributed by atoms with van der Waals surface area (Å²) < 4.78 is 0. The molecular weight excluding hydrogens is 302 g/mol. The van der Waals surface area contributed by atoms with Gasteiger partial charge >= 0.3 is 0 Å². The van der Waals surface area contributed by atoms with Gasteiger partial charge in [-0.25, -0.2) is 0 Å². The Balaban J connectivity index is 0.00000242. The Bertz CT molecular complexity index is 502. The molecule has 0 spiro atoms. The summed E-state index contributed by atoms with van der Waals surface area (Å²) >= 11 is 0. The maximum absolute atomic E-state index is 12.1. The van der Waals surface area contributed by atoms with Crippen molar-refractivity contribution in [2.24, 2.45) is 5.92 Å². The third-order valence-corrected chi connectivity index (χ3v) is 3.85. The predicted octanol–water partition coefficient (Wildman–Crippen LogP) is 1.59. The molecule has 0 aromatic heterocycles. The van der Waals surface area contributed by atoms with Crippen LogP contribution in [0.25, 0.3) is 0 Å². The van der Waals surface area contributed by atoms with Gasteiger partial charge in [0, 0.05) is 24.7 Å². The zero-order chi connectivity index (χ0) is 15.1. The SMILES string of the molecule is CNC(=O)c1cccc(C(=O)NCCC2CCCNC2)c1.Cl. The molecule has 0 saturated carbocycles. The summed E-state index contributed by atoms with van der Waals surface area (Å²) in [6.07, 6.45) is 3.44. The van der Waals surface area contributed by atoms with E-state index >= 15 is 0 Å². The van der Waals surface area contributed by atoms with Crippen molar-refractivity contribution in [2.75, 3.05) is 26.7 Å². The highest BCUT2D eigenvalue weighted by Gasteiger charge is 2.13. The van der Waals surface area contributed by atoms with E-state index in [-0.39, 0.29) is 24.2 Å². The van der Waals surface area contributed by atoms with E-state index < -0.39 is 0 Å². The first-order chi connectivity index (χ1) is 10.2. The molecule has 0 bridgehead atoms. The lowest BCUT2D eigenvalue weighted by Gasteiger charge is -2.22. The van der Waals surface area contributed by atoms with Gasteiger partial charge in [0.25, 0.3) is 11.8 Å². The van der Waals surface area contributed by atoms with Crippen molar-refractivity contribution in [1.82, 2.24) is 16.0 Å². The highest BCUT2D eigenvalue weighted by atomic mass is 35.5. The highest BCUT2D eigenvalue weighted by molar-refractivity contribution is 5.99. The van der Waals surface area contributed by atoms with E-state index in [2.05, 4.69) is 16.0 Å². The van der Waals surface area contributed by atoms with Crippen molar-refractivity contribution in [2.45, 2.75) is 19.3 Å². The van der Waals surface area contributed by atoms with Crippen LogP contribution in [0.4, 0.5) is 0 Å². The van der Waals surface area contributed by atoms with Crippen LogP contribution >= 0.6 is 12.4 Å². The van der Waals surface area contributed by atoms with Crippen LogP contribution in [0.15, 0.2) is 24.3 Å². The van der Waals surface area contributed by atoms with Crippen molar-refractivity contribution in [3.05, 3.63) is 35.4 Å². The summed E-state index contributed by atoms with van der Waals surface area (Å²) in [5.41, 5.74) is 1.03. The second kappa shape index (κ2) is 9.43. The molecule has 6 heteroatoms. The highest BCUT2D eigenvalue weighted by Crippen LogP contribution is 2.13. The quantitative estimate of drug-likeness (QED) is 0.770. The van der Waals surface area contributed by atoms with Crippen molar-refractivity contribution < 1.29 is 9.59 Å². The molecule has 0 radical (unpaired) electrons. The molecule has 0 aliphatic carbocycles. The molecule has 1 atom stereocenters. The normalized spacial score (nSPS) is 17.2. The second-order valence-corrected chi connectivity index (χ2v) is 5.42. The van der Waals surface area contributed by atoms with Crippen LogP contribution < -0.4 is 16.0 Å². The molecule has 1 aliphatic rings. The van der Waals surface area contributed by atoms with Crippen LogP contribution in [0.1, 0.15) is 40.0 Å². The third kappa shape index (κ3) is 5.31. The Hall–Kier alpha value is -1.59. The molecule has 22 heavy (non-hydrogen) atoms. The first kappa shape index (κ1) is 18.5. The predicted molar refractivity (Wildman–Crippen MR) is 89.6 cm³/mol. The fraction of sp³-hybridized carbons (Fsp3) is 0.500. The molecule has 1 aromatic rings. The minimum atomic E-state index is -0.182. The van der Waals surface area contributed by atoms with E-state index in [4.69, 9.17) is 0 Å². The Morgan fingerprint density at radius 3 is 2.64 bits per heavy atom. The van der Waals surface area contributed by atoms with E-state index in [9.17, 15) is 9.59 Å². The molecule has 2 amide bonds. The van der Waals surface area contributed by atoms with Crippen LogP contribution in [-0.4, -0.2) is 38.5 Å². The molecule has 1 unspecified atom stereocenters. The Morgan fingerprint density at radius 1 is 1.27 bits per heavy atom. The molecule has 5 nitrogen and oxygen atoms in total. The third-order valence-electron chi connectivity index (χ3n) is 3.85. The van der Waals surface area contributed by atoms with Gasteiger partial charge in [-0.2, -0.15) is 0 Å². The summed E-state index contributed by atoms with van der Waals surface area (Å²) in [5.74, 6) is 0.346. The van der Waals surface area contributed by atoms with Crippen molar-refractivity contribution in [1.29, 1.82) is 0 Å². The molecule has 1 heterocycles. The standard InChI is InChI=1S/C16H23N3O2.ClH/c1-17-15(20)13-5-2-6-14(10-13)16(21)19-9-7-12-4-3-8-18-11-12;/h2,5-6,10,12,18H,3-4,7-9,11H2,1H3,(H,17,20)(H,19,21);1H. The maximum Gasteiger partial charge on any atom is 0.251 e. The lowest BCUT2D eigenvalue weighted by molar-refractivity contribution is 0.0950. The lowest BCUT2D eigenvalue weighted by Crippen LogP contribution is -2.33. The van der Waals surface area contributed by atoms with E-state index in [1.165, 1.54) is 12.8 Å². The van der Waals surface area contributed by atoms with E-state index in [1.54, 1.807) is 31.3 Å². The minimum absolute atomic E-state index is 0. The van der Waals surface area contributed by atoms with E-state index in [1.807, 2.05) is 0 Å². The second-order valence-electron chi connectivity index (χ2n) is 5.42. The summed E-state index contributed by atoms with van der Waals surface area (Å²) in [6.45, 7) is 2.83. The van der Waals surface area contributed by atoms with Crippen LogP contribution in [-0.2, 0) is 0 Å². The molecular formula is C16H24ClN3O2. The van der Waals surface area contributed by atoms with Crippen molar-refractivity contribution in [3.63, 3.8) is 0 Å². The first-order valence-electron chi connectivity index (χ1n) is 7.52. The number of halogens is 1. The summed E-state index contributed by atoms with van der Waals surface area (Å²) in [6, 6.07) is 6.77. The van der Waals surface area contributed by atoms with Gasteiger partial charge in [-0.05, 0) is 56.5 Å². The number of benzene rings is 1. The molecule has 1 aliphatic heterocycles. The number of rotatable bonds is 5. The molecule has 1 fully saturated rings. The van der Waals surface area contributed by atoms with Gasteiger partial charge in [0.1, 0.15) is 0 Å². The zero-order valence-electron chi connectivity index (χ0n) is 12.9. The smallest absolute Gasteiger partial charge is 0.251 e. The van der Waals surface area contributed by atoms with Crippen LogP contribution in [0.5, 0.6) is 0 Å². The molecule has 2 rings (SSSR count). The van der Waals surface area contributed by atoms with Crippen molar-refractivity contribution >= 4 is 24.2 Å². The Labute approximate surface area is 137 Å². The topological polar surface area (TPSA) is 70.2 Å². The number of amides is 2. The number of hydrogen-bond donors (Lipinski definition) is 3. The van der Waals surface area contributed by atoms with Gasteiger partial charge in [0.2, 0.25) is 0 Å². The number of piperidine rings is 1. The van der Waals surface area contributed by atoms with Gasteiger partial charge in [0.15, 0.2) is 0 Å². The zero-order valence-corrected chi connectivity index (χ0v) is 13.7. The fourth-order valence-electron chi connectivity index (χ4n) is 2.61. The summed E-state index contributed by atoms with van der Waals surface area (Å²) in [5, 5.41) is 8.86. The Morgan fingerprint density at radius 2 is 2.00 bits per heavy atom. The summed E-state index contributed by atoms with van der Waals surface area (Å²) in [4.78, 5) is 23.7. The van der Waals surface area contributed by atoms with Crippen molar-refractivity contribution in [3.8, 4) is 0 Å². The fourth-order valence-corrected chi connectivity index (χ4v) is 2.61. The molecule has 1 aromatic carbocycles. The van der Waals surface area contributed by atoms with Gasteiger partial charge in [0.05, 0.1) is 0 Å². The van der Waals surface area contributed by atoms with Gasteiger partial charge in [-0.1, -0.05) is 6.07 Å². The minimum Gasteiger partial charge on any atom is -0.355 e. The number of carbonyl (C=O) groups is 2. The monoisotopic (exact) mass is 325 g/mol. The van der Waals surface area contributed by atoms with Crippen LogP contribution in [0.2, 0.25) is 0 Å². The summed E-state index contributed by atoms with van der Waals surface area (Å²) in [7, 11) is 1.58. The van der Waals surface area contributed by atoms with Gasteiger partial charge in [-0.15, -0.1) is 12.4 Å². The van der Waals surface area contributed by atoms with Crippen LogP contribution in [0.3, 0.4) is 0 Å².